The second-order valence-corrected chi connectivity index (χ2v) is 7.77. The molecule has 0 spiro atoms. The molecule has 2 aromatic carbocycles. The Balaban J connectivity index is 1.84. The molecule has 3 rings (SSSR count). The second kappa shape index (κ2) is 6.42. The van der Waals surface area contributed by atoms with Crippen LogP contribution >= 0.6 is 0 Å². The summed E-state index contributed by atoms with van der Waals surface area (Å²) in [4.78, 5) is 2.02. The van der Waals surface area contributed by atoms with Crippen molar-refractivity contribution < 1.29 is 12.3 Å². The summed E-state index contributed by atoms with van der Waals surface area (Å²) >= 11 is 0. The molecular formula is C18H20FNO2S. The van der Waals surface area contributed by atoms with Crippen molar-refractivity contribution in [1.29, 1.82) is 0 Å². The summed E-state index contributed by atoms with van der Waals surface area (Å²) in [5.74, 6) is -0.325. The van der Waals surface area contributed by atoms with Gasteiger partial charge in [0.15, 0.2) is 0 Å². The van der Waals surface area contributed by atoms with Gasteiger partial charge in [-0.05, 0) is 18.1 Å². The number of benzene rings is 2. The maximum Gasteiger partial charge on any atom is 0.307 e. The quantitative estimate of drug-likeness (QED) is 0.806. The van der Waals surface area contributed by atoms with Gasteiger partial charge < -0.3 is 0 Å². The van der Waals surface area contributed by atoms with E-state index in [1.807, 2.05) is 66.4 Å². The number of aryl methyl sites for hydroxylation is 1. The van der Waals surface area contributed by atoms with Crippen LogP contribution in [0.4, 0.5) is 3.89 Å². The number of nitrogens with zero attached hydrogens (tertiary/aromatic N) is 1. The first-order valence-corrected chi connectivity index (χ1v) is 9.14. The molecule has 0 N–H and O–H groups in total. The van der Waals surface area contributed by atoms with E-state index in [1.165, 1.54) is 0 Å². The highest BCUT2D eigenvalue weighted by molar-refractivity contribution is 7.87. The van der Waals surface area contributed by atoms with Crippen molar-refractivity contribution in [2.24, 2.45) is 0 Å². The third-order valence-electron chi connectivity index (χ3n) is 4.46. The van der Waals surface area contributed by atoms with Gasteiger partial charge in [-0.25, -0.2) is 0 Å². The lowest BCUT2D eigenvalue weighted by Gasteiger charge is -2.16. The topological polar surface area (TPSA) is 37.4 Å². The minimum Gasteiger partial charge on any atom is -0.297 e. The fourth-order valence-corrected chi connectivity index (χ4v) is 4.27. The maximum absolute atomic E-state index is 13.8. The van der Waals surface area contributed by atoms with Crippen LogP contribution in [-0.2, 0) is 16.8 Å². The molecule has 0 amide bonds. The van der Waals surface area contributed by atoms with Crippen molar-refractivity contribution in [1.82, 2.24) is 4.90 Å². The van der Waals surface area contributed by atoms with Crippen LogP contribution in [0.3, 0.4) is 0 Å². The first kappa shape index (κ1) is 16.1. The van der Waals surface area contributed by atoms with Gasteiger partial charge in [0.1, 0.15) is 5.25 Å². The molecule has 3 nitrogen and oxygen atoms in total. The van der Waals surface area contributed by atoms with Crippen molar-refractivity contribution in [2.45, 2.75) is 24.6 Å². The van der Waals surface area contributed by atoms with E-state index in [0.29, 0.717) is 13.1 Å². The lowest BCUT2D eigenvalue weighted by atomic mass is 9.97. The summed E-state index contributed by atoms with van der Waals surface area (Å²) in [6.07, 6.45) is 0. The molecule has 5 heteroatoms. The normalized spacial score (nSPS) is 22.3. The minimum atomic E-state index is -4.58. The van der Waals surface area contributed by atoms with Gasteiger partial charge in [-0.1, -0.05) is 60.2 Å². The Labute approximate surface area is 137 Å². The number of hydrogen-bond acceptors (Lipinski definition) is 3. The Hall–Kier alpha value is -1.72. The minimum absolute atomic E-state index is 0.228. The first-order chi connectivity index (χ1) is 10.9. The van der Waals surface area contributed by atoms with Crippen LogP contribution in [0.2, 0.25) is 0 Å². The molecule has 122 valence electrons. The van der Waals surface area contributed by atoms with Gasteiger partial charge in [-0.2, -0.15) is 8.42 Å². The van der Waals surface area contributed by atoms with E-state index in [0.717, 1.165) is 16.7 Å². The van der Waals surface area contributed by atoms with Crippen LogP contribution in [-0.4, -0.2) is 31.7 Å². The third kappa shape index (κ3) is 3.79. The summed E-state index contributed by atoms with van der Waals surface area (Å²) in [7, 11) is -4.58. The van der Waals surface area contributed by atoms with E-state index in [-0.39, 0.29) is 12.5 Å². The van der Waals surface area contributed by atoms with Gasteiger partial charge in [-0.3, -0.25) is 4.90 Å². The molecule has 23 heavy (non-hydrogen) atoms. The van der Waals surface area contributed by atoms with Crippen LogP contribution in [0.25, 0.3) is 0 Å². The van der Waals surface area contributed by atoms with Crippen molar-refractivity contribution in [3.63, 3.8) is 0 Å². The molecular weight excluding hydrogens is 313 g/mol. The Morgan fingerprint density at radius 2 is 1.70 bits per heavy atom. The van der Waals surface area contributed by atoms with Crippen LogP contribution in [0.1, 0.15) is 22.6 Å². The van der Waals surface area contributed by atoms with Gasteiger partial charge >= 0.3 is 10.2 Å². The zero-order valence-electron chi connectivity index (χ0n) is 13.0. The standard InChI is InChI=1S/C18H20FNO2S/c1-14-7-9-16(10-8-14)17-12-20(13-18(17)23(19,21)22)11-15-5-3-2-4-6-15/h2-10,17-18H,11-13H2,1H3. The van der Waals surface area contributed by atoms with Crippen LogP contribution in [0, 0.1) is 6.92 Å². The molecule has 2 atom stereocenters. The summed E-state index contributed by atoms with van der Waals surface area (Å²) in [6.45, 7) is 3.39. The molecule has 1 fully saturated rings. The molecule has 0 aromatic heterocycles. The van der Waals surface area contributed by atoms with E-state index >= 15 is 0 Å². The van der Waals surface area contributed by atoms with E-state index in [9.17, 15) is 12.3 Å². The number of halogens is 1. The summed E-state index contributed by atoms with van der Waals surface area (Å²) in [6, 6.07) is 17.5. The van der Waals surface area contributed by atoms with Crippen LogP contribution in [0.15, 0.2) is 54.6 Å². The zero-order chi connectivity index (χ0) is 16.4. The molecule has 1 saturated heterocycles. The maximum atomic E-state index is 13.8. The number of rotatable bonds is 4. The molecule has 0 aliphatic carbocycles. The Kier molecular flexibility index (Phi) is 4.50. The van der Waals surface area contributed by atoms with Gasteiger partial charge in [0.25, 0.3) is 0 Å². The fourth-order valence-electron chi connectivity index (χ4n) is 3.24. The van der Waals surface area contributed by atoms with Gasteiger partial charge in [0, 0.05) is 25.6 Å². The monoisotopic (exact) mass is 333 g/mol. The SMILES string of the molecule is Cc1ccc(C2CN(Cc3ccccc3)CC2S(=O)(=O)F)cc1. The van der Waals surface area contributed by atoms with E-state index < -0.39 is 15.5 Å². The lowest BCUT2D eigenvalue weighted by Crippen LogP contribution is -2.26. The average Bonchev–Trinajstić information content (AvgIpc) is 2.93. The molecule has 2 unspecified atom stereocenters. The highest BCUT2D eigenvalue weighted by atomic mass is 32.3. The second-order valence-electron chi connectivity index (χ2n) is 6.21. The van der Waals surface area contributed by atoms with Crippen LogP contribution < -0.4 is 0 Å². The van der Waals surface area contributed by atoms with E-state index in [1.54, 1.807) is 0 Å². The molecule has 0 saturated carbocycles. The molecule has 0 radical (unpaired) electrons. The van der Waals surface area contributed by atoms with Crippen molar-refractivity contribution in [2.75, 3.05) is 13.1 Å². The molecule has 1 aliphatic rings. The average molecular weight is 333 g/mol. The molecule has 1 aliphatic heterocycles. The Bertz CT molecular complexity index is 759. The zero-order valence-corrected chi connectivity index (χ0v) is 13.8. The highest BCUT2D eigenvalue weighted by Gasteiger charge is 2.42. The molecule has 1 heterocycles. The largest absolute Gasteiger partial charge is 0.307 e. The van der Waals surface area contributed by atoms with Crippen molar-refractivity contribution in [3.05, 3.63) is 71.3 Å². The van der Waals surface area contributed by atoms with E-state index in [4.69, 9.17) is 0 Å². The van der Waals surface area contributed by atoms with Gasteiger partial charge in [0.2, 0.25) is 0 Å². The summed E-state index contributed by atoms with van der Waals surface area (Å²) < 4.78 is 36.9. The summed E-state index contributed by atoms with van der Waals surface area (Å²) in [5, 5.41) is -0.992. The molecule has 0 bridgehead atoms. The first-order valence-electron chi connectivity index (χ1n) is 7.70. The van der Waals surface area contributed by atoms with Crippen LogP contribution in [0.5, 0.6) is 0 Å². The smallest absolute Gasteiger partial charge is 0.297 e. The Morgan fingerprint density at radius 3 is 2.30 bits per heavy atom. The lowest BCUT2D eigenvalue weighted by molar-refractivity contribution is 0.326. The van der Waals surface area contributed by atoms with E-state index in [2.05, 4.69) is 0 Å². The third-order valence-corrected chi connectivity index (χ3v) is 5.66. The van der Waals surface area contributed by atoms with Gasteiger partial charge in [-0.15, -0.1) is 3.89 Å². The summed E-state index contributed by atoms with van der Waals surface area (Å²) in [5.41, 5.74) is 3.09. The van der Waals surface area contributed by atoms with Gasteiger partial charge in [0.05, 0.1) is 0 Å². The highest BCUT2D eigenvalue weighted by Crippen LogP contribution is 2.33. The number of hydrogen-bond donors (Lipinski definition) is 0. The fraction of sp³-hybridized carbons (Fsp3) is 0.333. The predicted molar refractivity (Wildman–Crippen MR) is 89.5 cm³/mol. The Morgan fingerprint density at radius 1 is 1.04 bits per heavy atom. The predicted octanol–water partition coefficient (Wildman–Crippen LogP) is 3.26. The number of likely N-dealkylation sites (tertiary alicyclic amines) is 1. The van der Waals surface area contributed by atoms with Crippen molar-refractivity contribution >= 4 is 10.2 Å². The molecule has 2 aromatic rings. The van der Waals surface area contributed by atoms with Crippen molar-refractivity contribution in [3.8, 4) is 0 Å².